The summed E-state index contributed by atoms with van der Waals surface area (Å²) in [7, 11) is -1.28. The number of nitrogens with one attached hydrogen (secondary N) is 1. The van der Waals surface area contributed by atoms with E-state index in [2.05, 4.69) is 18.1 Å². The molecule has 0 amide bonds. The Morgan fingerprint density at radius 3 is 2.69 bits per heavy atom. The number of hydrogen-bond acceptors (Lipinski definition) is 2. The quantitative estimate of drug-likeness (QED) is 0.643. The van der Waals surface area contributed by atoms with Gasteiger partial charge >= 0.3 is 5.69 Å². The minimum Gasteiger partial charge on any atom is -0.301 e. The van der Waals surface area contributed by atoms with Crippen LogP contribution in [0.2, 0.25) is 19.1 Å². The molecule has 0 aromatic carbocycles. The van der Waals surface area contributed by atoms with Crippen LogP contribution in [0.25, 0.3) is 0 Å². The zero-order valence-electron chi connectivity index (χ0n) is 9.62. The first kappa shape index (κ1) is 13.3. The number of aryl methyl sites for hydroxylation is 1. The van der Waals surface area contributed by atoms with Crippen molar-refractivity contribution >= 4 is 19.7 Å². The third-order valence-corrected chi connectivity index (χ3v) is 7.11. The molecular weight excluding hydrogens is 244 g/mol. The maximum absolute atomic E-state index is 11.4. The van der Waals surface area contributed by atoms with E-state index in [-0.39, 0.29) is 11.2 Å². The zero-order chi connectivity index (χ0) is 12.2. The van der Waals surface area contributed by atoms with Crippen molar-refractivity contribution in [1.82, 2.24) is 9.55 Å². The van der Waals surface area contributed by atoms with Crippen molar-refractivity contribution in [1.29, 1.82) is 0 Å². The van der Waals surface area contributed by atoms with Crippen LogP contribution in [0.5, 0.6) is 0 Å². The van der Waals surface area contributed by atoms with E-state index in [1.165, 1.54) is 16.8 Å². The number of hydrogen-bond donors (Lipinski definition) is 1. The lowest BCUT2D eigenvalue weighted by atomic mass is 10.4. The number of H-pyrrole nitrogens is 1. The Labute approximate surface area is 100 Å². The summed E-state index contributed by atoms with van der Waals surface area (Å²) in [6.07, 6.45) is 2.47. The summed E-state index contributed by atoms with van der Waals surface area (Å²) >= 11 is 5.87. The van der Waals surface area contributed by atoms with Crippen LogP contribution in [0.15, 0.2) is 21.9 Å². The van der Waals surface area contributed by atoms with Crippen molar-refractivity contribution in [2.75, 3.05) is 5.50 Å². The van der Waals surface area contributed by atoms with E-state index < -0.39 is 8.07 Å². The predicted octanol–water partition coefficient (Wildman–Crippen LogP) is 1.41. The van der Waals surface area contributed by atoms with Gasteiger partial charge in [0.25, 0.3) is 5.56 Å². The van der Waals surface area contributed by atoms with Crippen LogP contribution < -0.4 is 11.2 Å². The fourth-order valence-electron chi connectivity index (χ4n) is 1.42. The van der Waals surface area contributed by atoms with Gasteiger partial charge in [-0.15, -0.1) is 11.6 Å². The van der Waals surface area contributed by atoms with E-state index in [0.29, 0.717) is 6.54 Å². The van der Waals surface area contributed by atoms with Gasteiger partial charge in [-0.3, -0.25) is 9.78 Å². The van der Waals surface area contributed by atoms with Crippen LogP contribution in [-0.2, 0) is 6.54 Å². The van der Waals surface area contributed by atoms with E-state index in [1.54, 1.807) is 0 Å². The fraction of sp³-hybridized carbons (Fsp3) is 0.600. The second-order valence-corrected chi connectivity index (χ2v) is 10.6. The molecule has 4 nitrogen and oxygen atoms in total. The molecule has 0 saturated heterocycles. The Bertz CT molecular complexity index is 453. The first-order chi connectivity index (χ1) is 7.44. The maximum Gasteiger partial charge on any atom is 0.328 e. The summed E-state index contributed by atoms with van der Waals surface area (Å²) in [5, 5.41) is 0. The molecule has 0 unspecified atom stereocenters. The SMILES string of the molecule is C[Si](C)(CCl)CCCn1ccc(=O)[nH]c1=O. The molecule has 0 saturated carbocycles. The highest BCUT2D eigenvalue weighted by Crippen LogP contribution is 2.13. The van der Waals surface area contributed by atoms with E-state index in [0.717, 1.165) is 18.0 Å². The molecule has 1 heterocycles. The van der Waals surface area contributed by atoms with Crippen molar-refractivity contribution < 1.29 is 0 Å². The molecule has 0 aliphatic rings. The molecule has 0 aliphatic heterocycles. The molecule has 90 valence electrons. The smallest absolute Gasteiger partial charge is 0.301 e. The van der Waals surface area contributed by atoms with E-state index in [1.807, 2.05) is 0 Å². The number of rotatable bonds is 5. The third-order valence-electron chi connectivity index (χ3n) is 2.51. The first-order valence-electron chi connectivity index (χ1n) is 5.30. The van der Waals surface area contributed by atoms with Crippen LogP contribution in [0.4, 0.5) is 0 Å². The average molecular weight is 261 g/mol. The summed E-state index contributed by atoms with van der Waals surface area (Å²) in [6, 6.07) is 2.45. The van der Waals surface area contributed by atoms with Crippen LogP contribution in [0.3, 0.4) is 0 Å². The van der Waals surface area contributed by atoms with Gasteiger partial charge in [-0.25, -0.2) is 4.79 Å². The number of aromatic nitrogens is 2. The van der Waals surface area contributed by atoms with Crippen LogP contribution >= 0.6 is 11.6 Å². The van der Waals surface area contributed by atoms with Gasteiger partial charge < -0.3 is 4.57 Å². The lowest BCUT2D eigenvalue weighted by molar-refractivity contribution is 0.628. The summed E-state index contributed by atoms with van der Waals surface area (Å²) in [5.41, 5.74) is 0.0580. The lowest BCUT2D eigenvalue weighted by Crippen LogP contribution is -2.31. The van der Waals surface area contributed by atoms with Gasteiger partial charge in [0.1, 0.15) is 0 Å². The molecule has 0 radical (unpaired) electrons. The molecule has 1 aromatic heterocycles. The van der Waals surface area contributed by atoms with Gasteiger partial charge in [-0.2, -0.15) is 0 Å². The molecule has 0 atom stereocenters. The molecule has 0 spiro atoms. The van der Waals surface area contributed by atoms with Crippen LogP contribution in [0.1, 0.15) is 6.42 Å². The second kappa shape index (κ2) is 5.50. The molecule has 1 N–H and O–H groups in total. The van der Waals surface area contributed by atoms with Crippen molar-refractivity contribution in [3.63, 3.8) is 0 Å². The summed E-state index contributed by atoms with van der Waals surface area (Å²) in [4.78, 5) is 24.4. The van der Waals surface area contributed by atoms with Gasteiger partial charge in [0.05, 0.1) is 8.07 Å². The molecule has 1 aromatic rings. The van der Waals surface area contributed by atoms with Gasteiger partial charge in [-0.05, 0) is 6.42 Å². The monoisotopic (exact) mass is 260 g/mol. The summed E-state index contributed by atoms with van der Waals surface area (Å²) < 4.78 is 1.53. The molecule has 1 rings (SSSR count). The molecular formula is C10H17ClN2O2Si. The summed E-state index contributed by atoms with van der Waals surface area (Å²) in [5.74, 6) is 0. The largest absolute Gasteiger partial charge is 0.328 e. The second-order valence-electron chi connectivity index (χ2n) is 4.70. The predicted molar refractivity (Wildman–Crippen MR) is 68.9 cm³/mol. The first-order valence-corrected chi connectivity index (χ1v) is 9.25. The standard InChI is InChI=1S/C10H17ClN2O2Si/c1-16(2,8-11)7-3-5-13-6-4-9(14)12-10(13)15/h4,6H,3,5,7-8H2,1-2H3,(H,12,14,15). The molecule has 0 fully saturated rings. The van der Waals surface area contributed by atoms with E-state index >= 15 is 0 Å². The maximum atomic E-state index is 11.4. The Morgan fingerprint density at radius 1 is 1.44 bits per heavy atom. The van der Waals surface area contributed by atoms with Crippen LogP contribution in [0, 0.1) is 0 Å². The average Bonchev–Trinajstić information content (AvgIpc) is 2.21. The zero-order valence-corrected chi connectivity index (χ0v) is 11.4. The molecule has 16 heavy (non-hydrogen) atoms. The van der Waals surface area contributed by atoms with Gasteiger partial charge in [0.15, 0.2) is 0 Å². The number of aromatic amines is 1. The number of alkyl halides is 1. The van der Waals surface area contributed by atoms with Gasteiger partial charge in [0, 0.05) is 24.3 Å². The van der Waals surface area contributed by atoms with Crippen molar-refractivity contribution in [3.8, 4) is 0 Å². The molecule has 6 heteroatoms. The Kier molecular flexibility index (Phi) is 4.55. The van der Waals surface area contributed by atoms with E-state index in [9.17, 15) is 9.59 Å². The van der Waals surface area contributed by atoms with Crippen molar-refractivity contribution in [2.24, 2.45) is 0 Å². The fourth-order valence-corrected chi connectivity index (χ4v) is 3.06. The summed E-state index contributed by atoms with van der Waals surface area (Å²) in [6.45, 7) is 5.11. The Balaban J connectivity index is 2.56. The Hall–Kier alpha value is -0.813. The highest BCUT2D eigenvalue weighted by atomic mass is 35.5. The van der Waals surface area contributed by atoms with Crippen LogP contribution in [-0.4, -0.2) is 23.1 Å². The molecule has 0 aliphatic carbocycles. The number of halogens is 1. The lowest BCUT2D eigenvalue weighted by Gasteiger charge is -2.18. The molecule has 0 bridgehead atoms. The minimum absolute atomic E-state index is 0.335. The van der Waals surface area contributed by atoms with Crippen molar-refractivity contribution in [3.05, 3.63) is 33.1 Å². The third kappa shape index (κ3) is 3.98. The normalized spacial score (nSPS) is 11.7. The topological polar surface area (TPSA) is 54.9 Å². The number of nitrogens with zero attached hydrogens (tertiary/aromatic N) is 1. The highest BCUT2D eigenvalue weighted by Gasteiger charge is 2.18. The Morgan fingerprint density at radius 2 is 2.12 bits per heavy atom. The van der Waals surface area contributed by atoms with Gasteiger partial charge in [-0.1, -0.05) is 19.1 Å². The van der Waals surface area contributed by atoms with E-state index in [4.69, 9.17) is 11.6 Å². The highest BCUT2D eigenvalue weighted by molar-refractivity contribution is 6.83. The van der Waals surface area contributed by atoms with Gasteiger partial charge in [0.2, 0.25) is 0 Å². The minimum atomic E-state index is -1.28. The van der Waals surface area contributed by atoms with Crippen molar-refractivity contribution in [2.45, 2.75) is 32.1 Å².